The van der Waals surface area contributed by atoms with Gasteiger partial charge in [0.2, 0.25) is 11.8 Å². The van der Waals surface area contributed by atoms with Gasteiger partial charge in [-0.3, -0.25) is 14.7 Å². The zero-order valence-electron chi connectivity index (χ0n) is 20.7. The number of rotatable bonds is 9. The Kier molecular flexibility index (Phi) is 8.40. The van der Waals surface area contributed by atoms with E-state index < -0.39 is 17.8 Å². The van der Waals surface area contributed by atoms with Crippen LogP contribution in [0.4, 0.5) is 10.2 Å². The van der Waals surface area contributed by atoms with E-state index in [1.54, 1.807) is 26.0 Å². The number of amides is 2. The summed E-state index contributed by atoms with van der Waals surface area (Å²) in [5.74, 6) is -0.768. The Balaban J connectivity index is 1.68. The number of piperidine rings is 1. The lowest BCUT2D eigenvalue weighted by Gasteiger charge is -2.41. The molecule has 0 aliphatic carbocycles. The summed E-state index contributed by atoms with van der Waals surface area (Å²) in [6.07, 6.45) is 7.30. The van der Waals surface area contributed by atoms with Crippen LogP contribution in [0.25, 0.3) is 0 Å². The fourth-order valence-electron chi connectivity index (χ4n) is 4.59. The van der Waals surface area contributed by atoms with Crippen LogP contribution in [0.3, 0.4) is 0 Å². The molecule has 0 radical (unpaired) electrons. The van der Waals surface area contributed by atoms with E-state index in [9.17, 15) is 14.0 Å². The van der Waals surface area contributed by atoms with Crippen molar-refractivity contribution in [3.63, 3.8) is 0 Å². The van der Waals surface area contributed by atoms with E-state index in [1.807, 2.05) is 18.2 Å². The number of anilines is 1. The Labute approximate surface area is 206 Å². The summed E-state index contributed by atoms with van der Waals surface area (Å²) in [6, 6.07) is 5.51. The molecule has 186 valence electrons. The number of aromatic nitrogens is 2. The number of H-pyrrole nitrogens is 1. The van der Waals surface area contributed by atoms with Crippen molar-refractivity contribution in [3.8, 4) is 0 Å². The summed E-state index contributed by atoms with van der Waals surface area (Å²) in [5.41, 5.74) is 2.93. The molecule has 8 heteroatoms. The summed E-state index contributed by atoms with van der Waals surface area (Å²) >= 11 is 0. The zero-order valence-corrected chi connectivity index (χ0v) is 20.7. The maximum absolute atomic E-state index is 13.6. The first kappa shape index (κ1) is 26.1. The van der Waals surface area contributed by atoms with E-state index in [2.05, 4.69) is 45.9 Å². The van der Waals surface area contributed by atoms with E-state index >= 15 is 0 Å². The third kappa shape index (κ3) is 6.33. The smallest absolute Gasteiger partial charge is 0.247 e. The lowest BCUT2D eigenvalue weighted by Crippen LogP contribution is -2.42. The molecule has 35 heavy (non-hydrogen) atoms. The largest absolute Gasteiger partial charge is 0.344 e. The molecule has 1 saturated heterocycles. The van der Waals surface area contributed by atoms with Crippen molar-refractivity contribution >= 4 is 17.6 Å². The van der Waals surface area contributed by atoms with Crippen molar-refractivity contribution in [2.75, 3.05) is 25.5 Å². The summed E-state index contributed by atoms with van der Waals surface area (Å²) in [7, 11) is 2.10. The third-order valence-electron chi connectivity index (χ3n) is 6.49. The number of carbonyl (C=O) groups excluding carboxylic acids is 2. The molecule has 1 aromatic heterocycles. The highest BCUT2D eigenvalue weighted by Gasteiger charge is 2.39. The molecule has 1 fully saturated rings. The van der Waals surface area contributed by atoms with Crippen LogP contribution in [-0.4, -0.2) is 53.1 Å². The number of aryl methyl sites for hydroxylation is 1. The van der Waals surface area contributed by atoms with E-state index in [4.69, 9.17) is 0 Å². The highest BCUT2D eigenvalue weighted by molar-refractivity contribution is 5.96. The third-order valence-corrected chi connectivity index (χ3v) is 6.49. The van der Waals surface area contributed by atoms with E-state index in [0.717, 1.165) is 42.8 Å². The van der Waals surface area contributed by atoms with Crippen LogP contribution >= 0.6 is 0 Å². The predicted molar refractivity (Wildman–Crippen MR) is 137 cm³/mol. The normalized spacial score (nSPS) is 16.9. The average molecular weight is 480 g/mol. The lowest BCUT2D eigenvalue weighted by molar-refractivity contribution is -0.125. The Morgan fingerprint density at radius 2 is 1.97 bits per heavy atom. The Bertz CT molecular complexity index is 1110. The van der Waals surface area contributed by atoms with Crippen LogP contribution in [-0.2, 0) is 21.4 Å². The van der Waals surface area contributed by atoms with Gasteiger partial charge in [0.1, 0.15) is 11.9 Å². The fraction of sp³-hybridized carbons (Fsp3) is 0.370. The molecule has 1 aromatic carbocycles. The molecule has 3 N–H and O–H groups in total. The van der Waals surface area contributed by atoms with Gasteiger partial charge in [0.05, 0.1) is 6.42 Å². The summed E-state index contributed by atoms with van der Waals surface area (Å²) in [5, 5.41) is 12.8. The number of carbonyl (C=O) groups is 2. The molecule has 3 rings (SSSR count). The molecule has 0 unspecified atom stereocenters. The first-order chi connectivity index (χ1) is 16.7. The molecule has 1 atom stereocenters. The van der Waals surface area contributed by atoms with Gasteiger partial charge in [-0.2, -0.15) is 5.10 Å². The number of allylic oxidation sites excluding steroid dienone is 4. The van der Waals surface area contributed by atoms with Crippen molar-refractivity contribution in [1.29, 1.82) is 0 Å². The van der Waals surface area contributed by atoms with Gasteiger partial charge in [-0.25, -0.2) is 4.39 Å². The predicted octanol–water partition coefficient (Wildman–Crippen LogP) is 3.80. The van der Waals surface area contributed by atoms with Gasteiger partial charge in [-0.05, 0) is 75.7 Å². The first-order valence-electron chi connectivity index (χ1n) is 11.7. The average Bonchev–Trinajstić information content (AvgIpc) is 3.26. The van der Waals surface area contributed by atoms with Gasteiger partial charge >= 0.3 is 0 Å². The first-order valence-corrected chi connectivity index (χ1v) is 11.7. The van der Waals surface area contributed by atoms with Gasteiger partial charge in [0.25, 0.3) is 0 Å². The Morgan fingerprint density at radius 3 is 2.60 bits per heavy atom. The molecule has 7 nitrogen and oxygen atoms in total. The number of hydrogen-bond donors (Lipinski definition) is 3. The lowest BCUT2D eigenvalue weighted by atomic mass is 9.69. The maximum atomic E-state index is 13.6. The van der Waals surface area contributed by atoms with Crippen LogP contribution < -0.4 is 10.6 Å². The molecule has 0 saturated carbocycles. The summed E-state index contributed by atoms with van der Waals surface area (Å²) in [4.78, 5) is 27.4. The molecular formula is C27H34FN5O2. The van der Waals surface area contributed by atoms with Crippen molar-refractivity contribution in [2.45, 2.75) is 44.6 Å². The maximum Gasteiger partial charge on any atom is 0.247 e. The molecule has 1 aliphatic heterocycles. The number of nitrogens with zero attached hydrogens (tertiary/aromatic N) is 2. The minimum Gasteiger partial charge on any atom is -0.344 e. The van der Waals surface area contributed by atoms with Gasteiger partial charge in [0.15, 0.2) is 5.82 Å². The van der Waals surface area contributed by atoms with Crippen molar-refractivity contribution < 1.29 is 14.0 Å². The molecule has 0 spiro atoms. The number of benzene rings is 1. The molecular weight excluding hydrogens is 445 g/mol. The minimum absolute atomic E-state index is 0.0142. The second kappa shape index (κ2) is 11.3. The summed E-state index contributed by atoms with van der Waals surface area (Å²) < 4.78 is 13.6. The van der Waals surface area contributed by atoms with Crippen LogP contribution in [0.2, 0.25) is 0 Å². The monoisotopic (exact) mass is 479 g/mol. The highest BCUT2D eigenvalue weighted by atomic mass is 19.1. The molecule has 0 bridgehead atoms. The highest BCUT2D eigenvalue weighted by Crippen LogP contribution is 2.42. The van der Waals surface area contributed by atoms with Crippen molar-refractivity contribution in [1.82, 2.24) is 20.4 Å². The standard InChI is InChI=1S/C27H34FN5O2/c1-6-8-21(7-2)27(9-11-33(5)12-10-27)23-17-24(32-31-23)30-26(35)19(4)29-25(34)16-20-13-18(3)14-22(28)15-20/h6-8,13-15,17,19H,1-2,9-12,16H2,3-5H3,(H,29,34)(H2,30,31,32,35)/b21-8+/t19-/m0/s1. The number of likely N-dealkylation sites (tertiary alicyclic amines) is 1. The van der Waals surface area contributed by atoms with Crippen molar-refractivity contribution in [2.24, 2.45) is 0 Å². The van der Waals surface area contributed by atoms with Gasteiger partial charge in [0, 0.05) is 17.2 Å². The molecule has 1 aliphatic rings. The summed E-state index contributed by atoms with van der Waals surface area (Å²) in [6.45, 7) is 13.0. The second-order valence-corrected chi connectivity index (χ2v) is 9.21. The molecule has 2 heterocycles. The fourth-order valence-corrected chi connectivity index (χ4v) is 4.59. The van der Waals surface area contributed by atoms with Crippen LogP contribution in [0.1, 0.15) is 36.6 Å². The topological polar surface area (TPSA) is 90.1 Å². The number of aromatic amines is 1. The van der Waals surface area contributed by atoms with E-state index in [0.29, 0.717) is 11.4 Å². The second-order valence-electron chi connectivity index (χ2n) is 9.21. The molecule has 2 aromatic rings. The van der Waals surface area contributed by atoms with Gasteiger partial charge < -0.3 is 15.5 Å². The SMILES string of the molecule is C=C/C=C(\C=C)C1(c2cc(NC(=O)[C@H](C)NC(=O)Cc3cc(C)cc(F)c3)n[nH]2)CCN(C)CC1. The van der Waals surface area contributed by atoms with E-state index in [1.165, 1.54) is 12.1 Å². The van der Waals surface area contributed by atoms with Gasteiger partial charge in [-0.1, -0.05) is 37.5 Å². The quantitative estimate of drug-likeness (QED) is 0.477. The zero-order chi connectivity index (χ0) is 25.6. The van der Waals surface area contributed by atoms with Crippen LogP contribution in [0.5, 0.6) is 0 Å². The molecule has 2 amide bonds. The van der Waals surface area contributed by atoms with Crippen LogP contribution in [0, 0.1) is 12.7 Å². The minimum atomic E-state index is -0.793. The van der Waals surface area contributed by atoms with Crippen LogP contribution in [0.15, 0.2) is 61.2 Å². The van der Waals surface area contributed by atoms with Gasteiger partial charge in [-0.15, -0.1) is 0 Å². The van der Waals surface area contributed by atoms with E-state index in [-0.39, 0.29) is 17.7 Å². The number of halogens is 1. The number of nitrogens with one attached hydrogen (secondary N) is 3. The Morgan fingerprint density at radius 1 is 1.26 bits per heavy atom. The number of hydrogen-bond acceptors (Lipinski definition) is 4. The van der Waals surface area contributed by atoms with Crippen molar-refractivity contribution in [3.05, 3.63) is 83.9 Å². The Hall–Kier alpha value is -3.52.